The van der Waals surface area contributed by atoms with Gasteiger partial charge in [-0.3, -0.25) is 4.79 Å². The van der Waals surface area contributed by atoms with Crippen molar-refractivity contribution in [1.82, 2.24) is 14.9 Å². The van der Waals surface area contributed by atoms with Gasteiger partial charge in [0, 0.05) is 17.5 Å². The summed E-state index contributed by atoms with van der Waals surface area (Å²) in [6, 6.07) is 15.3. The number of carbonyl (C=O) groups excluding carboxylic acids is 1. The molecule has 0 aliphatic heterocycles. The average molecular weight is 428 g/mol. The zero-order chi connectivity index (χ0) is 21.5. The van der Waals surface area contributed by atoms with Crippen molar-refractivity contribution in [3.8, 4) is 5.75 Å². The number of aromatic nitrogens is 2. The van der Waals surface area contributed by atoms with Crippen LogP contribution in [0.5, 0.6) is 5.75 Å². The molecule has 0 radical (unpaired) electrons. The summed E-state index contributed by atoms with van der Waals surface area (Å²) < 4.78 is 8.03. The Morgan fingerprint density at radius 2 is 1.83 bits per heavy atom. The van der Waals surface area contributed by atoms with E-state index in [1.165, 1.54) is 0 Å². The maximum Gasteiger partial charge on any atom is 0.223 e. The molecule has 5 nitrogen and oxygen atoms in total. The Hall–Kier alpha value is -2.53. The normalized spacial score (nSPS) is 12.3. The van der Waals surface area contributed by atoms with Crippen molar-refractivity contribution in [2.45, 2.75) is 52.6 Å². The third kappa shape index (κ3) is 5.33. The van der Waals surface area contributed by atoms with E-state index in [0.717, 1.165) is 48.4 Å². The second kappa shape index (κ2) is 10.5. The molecule has 1 heterocycles. The lowest BCUT2D eigenvalue weighted by atomic mass is 10.0. The van der Waals surface area contributed by atoms with Crippen LogP contribution < -0.4 is 10.1 Å². The fourth-order valence-corrected chi connectivity index (χ4v) is 3.78. The molecule has 160 valence electrons. The van der Waals surface area contributed by atoms with Crippen molar-refractivity contribution >= 4 is 28.5 Å². The van der Waals surface area contributed by atoms with E-state index in [4.69, 9.17) is 21.3 Å². The number of hydrogen-bond acceptors (Lipinski definition) is 3. The van der Waals surface area contributed by atoms with Gasteiger partial charge in [0.25, 0.3) is 0 Å². The van der Waals surface area contributed by atoms with Crippen molar-refractivity contribution in [3.63, 3.8) is 0 Å². The smallest absolute Gasteiger partial charge is 0.223 e. The first-order valence-electron chi connectivity index (χ1n) is 10.7. The first-order chi connectivity index (χ1) is 14.5. The number of fused-ring (bicyclic) bond motifs is 1. The van der Waals surface area contributed by atoms with Crippen LogP contribution in [0.15, 0.2) is 48.5 Å². The molecule has 30 heavy (non-hydrogen) atoms. The first-order valence-corrected chi connectivity index (χ1v) is 11.0. The number of benzene rings is 2. The molecule has 3 rings (SSSR count). The lowest BCUT2D eigenvalue weighted by molar-refractivity contribution is -0.125. The molecule has 0 bridgehead atoms. The maximum absolute atomic E-state index is 12.6. The van der Waals surface area contributed by atoms with Crippen molar-refractivity contribution in [3.05, 3.63) is 59.4 Å². The Labute approximate surface area is 183 Å². The largest absolute Gasteiger partial charge is 0.494 e. The molecule has 1 atom stereocenters. The molecule has 1 aromatic heterocycles. The number of rotatable bonds is 10. The number of halogens is 1. The number of hydrogen-bond donors (Lipinski definition) is 1. The van der Waals surface area contributed by atoms with Crippen LogP contribution in [-0.4, -0.2) is 22.1 Å². The number of amides is 1. The Morgan fingerprint density at radius 3 is 2.53 bits per heavy atom. The number of nitrogens with zero attached hydrogens (tertiary/aromatic N) is 2. The Bertz CT molecular complexity index is 964. The zero-order valence-electron chi connectivity index (χ0n) is 17.9. The van der Waals surface area contributed by atoms with Crippen LogP contribution in [0.25, 0.3) is 11.0 Å². The third-order valence-electron chi connectivity index (χ3n) is 5.39. The highest BCUT2D eigenvalue weighted by Crippen LogP contribution is 2.22. The molecule has 3 aromatic rings. The number of imidazole rings is 1. The SMILES string of the molecule is CCC(CC)C(=O)NC(C)c1nc2ccccc2n1CCCOc1ccc(Cl)cc1. The molecule has 1 unspecified atom stereocenters. The number of aryl methyl sites for hydroxylation is 1. The number of para-hydroxylation sites is 2. The molecule has 0 saturated carbocycles. The molecular weight excluding hydrogens is 398 g/mol. The Morgan fingerprint density at radius 1 is 1.13 bits per heavy atom. The van der Waals surface area contributed by atoms with Crippen LogP contribution in [0.3, 0.4) is 0 Å². The summed E-state index contributed by atoms with van der Waals surface area (Å²) in [7, 11) is 0. The zero-order valence-corrected chi connectivity index (χ0v) is 18.7. The molecule has 6 heteroatoms. The molecule has 0 saturated heterocycles. The van der Waals surface area contributed by atoms with E-state index in [0.29, 0.717) is 11.6 Å². The summed E-state index contributed by atoms with van der Waals surface area (Å²) in [5.41, 5.74) is 2.01. The van der Waals surface area contributed by atoms with Crippen molar-refractivity contribution in [1.29, 1.82) is 0 Å². The van der Waals surface area contributed by atoms with Crippen LogP contribution in [-0.2, 0) is 11.3 Å². The summed E-state index contributed by atoms with van der Waals surface area (Å²) in [4.78, 5) is 17.4. The highest BCUT2D eigenvalue weighted by Gasteiger charge is 2.21. The minimum absolute atomic E-state index is 0.0399. The summed E-state index contributed by atoms with van der Waals surface area (Å²) in [6.45, 7) is 7.45. The van der Waals surface area contributed by atoms with Gasteiger partial charge >= 0.3 is 0 Å². The molecule has 0 fully saturated rings. The molecule has 0 spiro atoms. The summed E-state index contributed by atoms with van der Waals surface area (Å²) in [5.74, 6) is 1.82. The molecule has 0 aliphatic rings. The van der Waals surface area contributed by atoms with E-state index < -0.39 is 0 Å². The summed E-state index contributed by atoms with van der Waals surface area (Å²) in [5, 5.41) is 3.85. The van der Waals surface area contributed by atoms with Gasteiger partial charge in [0.05, 0.1) is 23.7 Å². The predicted octanol–water partition coefficient (Wildman–Crippen LogP) is 5.77. The molecule has 0 aliphatic carbocycles. The summed E-state index contributed by atoms with van der Waals surface area (Å²) in [6.07, 6.45) is 2.50. The predicted molar refractivity (Wildman–Crippen MR) is 122 cm³/mol. The van der Waals surface area contributed by atoms with Gasteiger partial charge in [-0.2, -0.15) is 0 Å². The van der Waals surface area contributed by atoms with Crippen LogP contribution in [0.2, 0.25) is 5.02 Å². The van der Waals surface area contributed by atoms with Gasteiger partial charge in [-0.05, 0) is 62.6 Å². The highest BCUT2D eigenvalue weighted by atomic mass is 35.5. The number of ether oxygens (including phenoxy) is 1. The standard InChI is InChI=1S/C24H30ClN3O2/c1-4-18(5-2)24(29)26-17(3)23-27-21-9-6-7-10-22(21)28(23)15-8-16-30-20-13-11-19(25)12-14-20/h6-7,9-14,17-18H,4-5,8,15-16H2,1-3H3,(H,26,29). The van der Waals surface area contributed by atoms with Crippen LogP contribution in [0.4, 0.5) is 0 Å². The van der Waals surface area contributed by atoms with E-state index in [1.54, 1.807) is 0 Å². The lowest BCUT2D eigenvalue weighted by Gasteiger charge is -2.19. The Balaban J connectivity index is 1.71. The van der Waals surface area contributed by atoms with Crippen molar-refractivity contribution in [2.24, 2.45) is 5.92 Å². The van der Waals surface area contributed by atoms with Crippen LogP contribution in [0.1, 0.15) is 51.9 Å². The number of carbonyl (C=O) groups is 1. The van der Waals surface area contributed by atoms with Gasteiger partial charge in [0.2, 0.25) is 5.91 Å². The van der Waals surface area contributed by atoms with Gasteiger partial charge in [-0.15, -0.1) is 0 Å². The Kier molecular flexibility index (Phi) is 7.75. The van der Waals surface area contributed by atoms with E-state index in [-0.39, 0.29) is 17.9 Å². The van der Waals surface area contributed by atoms with Crippen molar-refractivity contribution < 1.29 is 9.53 Å². The van der Waals surface area contributed by atoms with Gasteiger partial charge in [0.15, 0.2) is 0 Å². The fourth-order valence-electron chi connectivity index (χ4n) is 3.66. The second-order valence-corrected chi connectivity index (χ2v) is 7.95. The molecular formula is C24H30ClN3O2. The van der Waals surface area contributed by atoms with E-state index in [9.17, 15) is 4.79 Å². The minimum Gasteiger partial charge on any atom is -0.494 e. The highest BCUT2D eigenvalue weighted by molar-refractivity contribution is 6.30. The van der Waals surface area contributed by atoms with Gasteiger partial charge < -0.3 is 14.6 Å². The quantitative estimate of drug-likeness (QED) is 0.417. The lowest BCUT2D eigenvalue weighted by Crippen LogP contribution is -2.33. The second-order valence-electron chi connectivity index (χ2n) is 7.51. The first kappa shape index (κ1) is 22.2. The maximum atomic E-state index is 12.6. The minimum atomic E-state index is -0.164. The summed E-state index contributed by atoms with van der Waals surface area (Å²) >= 11 is 5.92. The van der Waals surface area contributed by atoms with Crippen LogP contribution >= 0.6 is 11.6 Å². The van der Waals surface area contributed by atoms with E-state index >= 15 is 0 Å². The topological polar surface area (TPSA) is 56.2 Å². The van der Waals surface area contributed by atoms with Gasteiger partial charge in [-0.1, -0.05) is 37.6 Å². The third-order valence-corrected chi connectivity index (χ3v) is 5.65. The molecule has 2 aromatic carbocycles. The van der Waals surface area contributed by atoms with E-state index in [2.05, 4.69) is 16.0 Å². The van der Waals surface area contributed by atoms with Crippen LogP contribution in [0, 0.1) is 5.92 Å². The molecule has 1 N–H and O–H groups in total. The molecule has 1 amide bonds. The number of nitrogens with one attached hydrogen (secondary N) is 1. The van der Waals surface area contributed by atoms with Gasteiger partial charge in [-0.25, -0.2) is 4.98 Å². The average Bonchev–Trinajstić information content (AvgIpc) is 3.12. The van der Waals surface area contributed by atoms with Crippen molar-refractivity contribution in [2.75, 3.05) is 6.61 Å². The fraction of sp³-hybridized carbons (Fsp3) is 0.417. The van der Waals surface area contributed by atoms with E-state index in [1.807, 2.05) is 63.2 Å². The monoisotopic (exact) mass is 427 g/mol. The van der Waals surface area contributed by atoms with Gasteiger partial charge in [0.1, 0.15) is 11.6 Å².